The van der Waals surface area contributed by atoms with Crippen LogP contribution in [0.25, 0.3) is 0 Å². The van der Waals surface area contributed by atoms with E-state index in [1.54, 1.807) is 30.5 Å². The minimum Gasteiger partial charge on any atom is -0.340 e. The Morgan fingerprint density at radius 3 is 2.46 bits per heavy atom. The summed E-state index contributed by atoms with van der Waals surface area (Å²) in [5, 5.41) is 3.08. The van der Waals surface area contributed by atoms with E-state index in [9.17, 15) is 9.18 Å². The Bertz CT molecular complexity index is 817. The fourth-order valence-electron chi connectivity index (χ4n) is 2.44. The zero-order chi connectivity index (χ0) is 16.8. The van der Waals surface area contributed by atoms with E-state index in [0.29, 0.717) is 29.9 Å². The third kappa shape index (κ3) is 4.04. The summed E-state index contributed by atoms with van der Waals surface area (Å²) in [5.74, 6) is 0.208. The molecular weight excluding hydrogens is 303 g/mol. The maximum Gasteiger partial charge on any atom is 0.166 e. The molecule has 0 aliphatic carbocycles. The second-order valence-corrected chi connectivity index (χ2v) is 5.44. The summed E-state index contributed by atoms with van der Waals surface area (Å²) in [6.45, 7) is 0. The van der Waals surface area contributed by atoms with Gasteiger partial charge in [0.1, 0.15) is 11.6 Å². The molecule has 0 amide bonds. The minimum atomic E-state index is -0.305. The molecule has 4 heteroatoms. The van der Waals surface area contributed by atoms with E-state index in [-0.39, 0.29) is 11.6 Å². The Labute approximate surface area is 140 Å². The summed E-state index contributed by atoms with van der Waals surface area (Å²) in [6.07, 6.45) is 2.72. The first kappa shape index (κ1) is 15.9. The summed E-state index contributed by atoms with van der Waals surface area (Å²) < 4.78 is 13.0. The number of benzene rings is 2. The Morgan fingerprint density at radius 1 is 0.958 bits per heavy atom. The lowest BCUT2D eigenvalue weighted by molar-refractivity contribution is 0.0983. The molecule has 0 saturated carbocycles. The second kappa shape index (κ2) is 7.51. The highest BCUT2D eigenvalue weighted by Crippen LogP contribution is 2.20. The summed E-state index contributed by atoms with van der Waals surface area (Å²) in [4.78, 5) is 16.8. The number of hydrogen-bond donors (Lipinski definition) is 1. The fourth-order valence-corrected chi connectivity index (χ4v) is 2.44. The lowest BCUT2D eigenvalue weighted by atomic mass is 10.0. The van der Waals surface area contributed by atoms with Gasteiger partial charge in [0, 0.05) is 18.3 Å². The predicted molar refractivity (Wildman–Crippen MR) is 93.0 cm³/mol. The molecule has 1 aromatic heterocycles. The van der Waals surface area contributed by atoms with E-state index in [4.69, 9.17) is 0 Å². The summed E-state index contributed by atoms with van der Waals surface area (Å²) >= 11 is 0. The molecule has 1 heterocycles. The van der Waals surface area contributed by atoms with Crippen molar-refractivity contribution in [3.8, 4) is 0 Å². The quantitative estimate of drug-likeness (QED) is 0.665. The van der Waals surface area contributed by atoms with Crippen LogP contribution in [0.15, 0.2) is 72.9 Å². The number of Topliss-reactive ketones (excluding diaryl/α,β-unsaturated/α-hetero) is 1. The van der Waals surface area contributed by atoms with Gasteiger partial charge >= 0.3 is 0 Å². The number of anilines is 2. The Morgan fingerprint density at radius 2 is 1.71 bits per heavy atom. The zero-order valence-electron chi connectivity index (χ0n) is 13.1. The van der Waals surface area contributed by atoms with Crippen molar-refractivity contribution in [2.75, 3.05) is 5.32 Å². The number of carbonyl (C=O) groups is 1. The highest BCUT2D eigenvalue weighted by molar-refractivity contribution is 6.01. The number of ketones is 1. The van der Waals surface area contributed by atoms with Crippen molar-refractivity contribution >= 4 is 17.3 Å². The molecule has 0 unspecified atom stereocenters. The van der Waals surface area contributed by atoms with Crippen molar-refractivity contribution in [2.45, 2.75) is 12.8 Å². The fraction of sp³-hybridized carbons (Fsp3) is 0.100. The van der Waals surface area contributed by atoms with Crippen molar-refractivity contribution in [1.29, 1.82) is 0 Å². The molecular formula is C20H17FN2O. The Hall–Kier alpha value is -3.01. The van der Waals surface area contributed by atoms with E-state index >= 15 is 0 Å². The van der Waals surface area contributed by atoms with Gasteiger partial charge in [-0.25, -0.2) is 9.37 Å². The van der Waals surface area contributed by atoms with Gasteiger partial charge < -0.3 is 5.32 Å². The number of halogens is 1. The molecule has 0 aliphatic rings. The summed E-state index contributed by atoms with van der Waals surface area (Å²) in [7, 11) is 0. The largest absolute Gasteiger partial charge is 0.340 e. The van der Waals surface area contributed by atoms with E-state index in [0.717, 1.165) is 5.56 Å². The van der Waals surface area contributed by atoms with Gasteiger partial charge in [0.15, 0.2) is 5.78 Å². The molecule has 120 valence electrons. The molecule has 3 rings (SSSR count). The number of rotatable bonds is 6. The maximum atomic E-state index is 13.0. The number of nitrogens with zero attached hydrogens (tertiary/aromatic N) is 1. The predicted octanol–water partition coefficient (Wildman–Crippen LogP) is 4.78. The number of aromatic nitrogens is 1. The van der Waals surface area contributed by atoms with Crippen LogP contribution in [0.4, 0.5) is 15.9 Å². The molecule has 3 aromatic rings. The average Bonchev–Trinajstić information content (AvgIpc) is 2.63. The first-order valence-corrected chi connectivity index (χ1v) is 7.77. The van der Waals surface area contributed by atoms with Crippen LogP contribution in [0.1, 0.15) is 22.3 Å². The second-order valence-electron chi connectivity index (χ2n) is 5.44. The monoisotopic (exact) mass is 320 g/mol. The average molecular weight is 320 g/mol. The minimum absolute atomic E-state index is 0.0246. The van der Waals surface area contributed by atoms with Crippen LogP contribution in [0.5, 0.6) is 0 Å². The summed E-state index contributed by atoms with van der Waals surface area (Å²) in [5.41, 5.74) is 2.35. The van der Waals surface area contributed by atoms with Gasteiger partial charge in [0.2, 0.25) is 0 Å². The highest BCUT2D eigenvalue weighted by atomic mass is 19.1. The molecule has 3 nitrogen and oxygen atoms in total. The van der Waals surface area contributed by atoms with E-state index in [1.807, 2.05) is 30.3 Å². The van der Waals surface area contributed by atoms with Crippen LogP contribution < -0.4 is 5.32 Å². The number of hydrogen-bond acceptors (Lipinski definition) is 3. The molecule has 0 atom stereocenters. The van der Waals surface area contributed by atoms with Crippen molar-refractivity contribution in [2.24, 2.45) is 0 Å². The van der Waals surface area contributed by atoms with Crippen LogP contribution in [0, 0.1) is 5.82 Å². The third-order valence-electron chi connectivity index (χ3n) is 3.70. The molecule has 0 aliphatic heterocycles. The van der Waals surface area contributed by atoms with Crippen LogP contribution in [-0.4, -0.2) is 10.8 Å². The van der Waals surface area contributed by atoms with E-state index < -0.39 is 0 Å². The van der Waals surface area contributed by atoms with Gasteiger partial charge in [-0.15, -0.1) is 0 Å². The van der Waals surface area contributed by atoms with Gasteiger partial charge in [-0.05, 0) is 48.4 Å². The van der Waals surface area contributed by atoms with Gasteiger partial charge in [0.25, 0.3) is 0 Å². The number of pyridine rings is 1. The topological polar surface area (TPSA) is 42.0 Å². The molecule has 0 spiro atoms. The molecule has 0 radical (unpaired) electrons. The first-order valence-electron chi connectivity index (χ1n) is 7.77. The van der Waals surface area contributed by atoms with Gasteiger partial charge in [0.05, 0.1) is 5.56 Å². The zero-order valence-corrected chi connectivity index (χ0v) is 13.1. The highest BCUT2D eigenvalue weighted by Gasteiger charge is 2.12. The smallest absolute Gasteiger partial charge is 0.166 e. The lowest BCUT2D eigenvalue weighted by Crippen LogP contribution is -2.06. The molecule has 0 bridgehead atoms. The Balaban J connectivity index is 1.73. The van der Waals surface area contributed by atoms with Crippen LogP contribution >= 0.6 is 0 Å². The maximum absolute atomic E-state index is 13.0. The lowest BCUT2D eigenvalue weighted by Gasteiger charge is -2.10. The normalized spacial score (nSPS) is 10.4. The van der Waals surface area contributed by atoms with Crippen LogP contribution in [-0.2, 0) is 6.42 Å². The van der Waals surface area contributed by atoms with Crippen molar-refractivity contribution < 1.29 is 9.18 Å². The molecule has 0 fully saturated rings. The Kier molecular flexibility index (Phi) is 4.96. The molecule has 24 heavy (non-hydrogen) atoms. The number of carbonyl (C=O) groups excluding carboxylic acids is 1. The van der Waals surface area contributed by atoms with Gasteiger partial charge in [-0.2, -0.15) is 0 Å². The number of nitrogens with one attached hydrogen (secondary N) is 1. The van der Waals surface area contributed by atoms with Crippen molar-refractivity contribution in [3.05, 3.63) is 89.9 Å². The molecule has 1 N–H and O–H groups in total. The third-order valence-corrected chi connectivity index (χ3v) is 3.70. The van der Waals surface area contributed by atoms with Crippen molar-refractivity contribution in [3.63, 3.8) is 0 Å². The number of aryl methyl sites for hydroxylation is 1. The van der Waals surface area contributed by atoms with E-state index in [2.05, 4.69) is 10.3 Å². The van der Waals surface area contributed by atoms with Gasteiger partial charge in [-0.1, -0.05) is 30.3 Å². The van der Waals surface area contributed by atoms with Gasteiger partial charge in [-0.3, -0.25) is 4.79 Å². The van der Waals surface area contributed by atoms with Crippen LogP contribution in [0.3, 0.4) is 0 Å². The van der Waals surface area contributed by atoms with Crippen LogP contribution in [0.2, 0.25) is 0 Å². The standard InChI is InChI=1S/C20H17FN2O/c21-16-9-11-17(12-10-16)23-20-18(7-4-14-22-20)19(24)13-8-15-5-2-1-3-6-15/h1-7,9-12,14H,8,13H2,(H,22,23). The molecule has 2 aromatic carbocycles. The summed E-state index contributed by atoms with van der Waals surface area (Å²) in [6, 6.07) is 19.4. The first-order chi connectivity index (χ1) is 11.7. The van der Waals surface area contributed by atoms with Crippen molar-refractivity contribution in [1.82, 2.24) is 4.98 Å². The van der Waals surface area contributed by atoms with E-state index in [1.165, 1.54) is 12.1 Å². The SMILES string of the molecule is O=C(CCc1ccccc1)c1cccnc1Nc1ccc(F)cc1. The molecule has 0 saturated heterocycles.